The average Bonchev–Trinajstić information content (AvgIpc) is 3.63. The van der Waals surface area contributed by atoms with Gasteiger partial charge in [-0.2, -0.15) is 0 Å². The topological polar surface area (TPSA) is 31.0 Å². The summed E-state index contributed by atoms with van der Waals surface area (Å²) in [5.41, 5.74) is 1.25. The van der Waals surface area contributed by atoms with Crippen LogP contribution in [-0.2, 0) is 9.47 Å². The summed E-state index contributed by atoms with van der Waals surface area (Å²) in [6.45, 7) is 15.7. The smallest absolute Gasteiger partial charge is 0.133 e. The van der Waals surface area contributed by atoms with Gasteiger partial charge in [-0.1, -0.05) is 80.9 Å². The van der Waals surface area contributed by atoms with Crippen molar-refractivity contribution >= 4 is 47.8 Å². The minimum Gasteiger partial charge on any atom is -0.490 e. The molecule has 0 N–H and O–H groups in total. The Hall–Kier alpha value is -0.560. The number of epoxide rings is 1. The van der Waals surface area contributed by atoms with Crippen LogP contribution < -0.4 is 4.74 Å². The molecule has 1 atom stereocenters. The summed E-state index contributed by atoms with van der Waals surface area (Å²) in [6.07, 6.45) is 7.85. The molecular weight excluding hydrogens is 588 g/mol. The van der Waals surface area contributed by atoms with Crippen LogP contribution in [0.4, 0.5) is 0 Å². The first-order valence-corrected chi connectivity index (χ1v) is 13.6. The molecule has 176 valence electrons. The molecule has 0 bridgehead atoms. The Bertz CT molecular complexity index is 678. The van der Waals surface area contributed by atoms with Gasteiger partial charge in [0.05, 0.1) is 21.7 Å². The maximum absolute atomic E-state index is 5.80. The van der Waals surface area contributed by atoms with Crippen LogP contribution in [0.15, 0.2) is 63.3 Å². The highest BCUT2D eigenvalue weighted by Gasteiger charge is 2.23. The number of allylic oxidation sites excluding steroid dienone is 4. The first-order chi connectivity index (χ1) is 14.9. The van der Waals surface area contributed by atoms with Crippen molar-refractivity contribution in [3.05, 3.63) is 63.3 Å². The van der Waals surface area contributed by atoms with E-state index in [1.807, 2.05) is 44.2 Å². The maximum Gasteiger partial charge on any atom is 0.133 e. The monoisotopic (exact) mass is 622 g/mol. The molecule has 31 heavy (non-hydrogen) atoms. The van der Waals surface area contributed by atoms with Crippen molar-refractivity contribution in [3.8, 4) is 5.75 Å². The lowest BCUT2D eigenvalue weighted by atomic mass is 10.2. The van der Waals surface area contributed by atoms with E-state index in [4.69, 9.17) is 14.2 Å². The Balaban J connectivity index is 0.000000547. The zero-order valence-corrected chi connectivity index (χ0v) is 24.2. The van der Waals surface area contributed by atoms with Gasteiger partial charge in [0, 0.05) is 5.33 Å². The predicted molar refractivity (Wildman–Crippen MR) is 144 cm³/mol. The summed E-state index contributed by atoms with van der Waals surface area (Å²) in [5, 5.41) is 0.857. The van der Waals surface area contributed by atoms with Crippen molar-refractivity contribution in [2.24, 2.45) is 0 Å². The molecule has 0 radical (unpaired) electrons. The Morgan fingerprint density at radius 2 is 1.84 bits per heavy atom. The van der Waals surface area contributed by atoms with Crippen LogP contribution in [0, 0.1) is 0 Å². The van der Waals surface area contributed by atoms with Gasteiger partial charge in [0.25, 0.3) is 0 Å². The molecule has 1 fully saturated rings. The number of benzene rings is 1. The summed E-state index contributed by atoms with van der Waals surface area (Å²) in [7, 11) is 0. The molecule has 0 aliphatic carbocycles. The second-order valence-electron chi connectivity index (χ2n) is 6.46. The third-order valence-electron chi connectivity index (χ3n) is 4.21. The van der Waals surface area contributed by atoms with Gasteiger partial charge >= 0.3 is 0 Å². The second-order valence-corrected chi connectivity index (χ2v) is 8.81. The van der Waals surface area contributed by atoms with Gasteiger partial charge in [-0.15, -0.1) is 0 Å². The molecule has 6 heteroatoms. The van der Waals surface area contributed by atoms with Crippen LogP contribution >= 0.6 is 47.8 Å². The fourth-order valence-corrected chi connectivity index (χ4v) is 3.45. The number of alkyl halides is 1. The van der Waals surface area contributed by atoms with Gasteiger partial charge in [0.2, 0.25) is 0 Å². The summed E-state index contributed by atoms with van der Waals surface area (Å²) >= 11 is 10.3. The van der Waals surface area contributed by atoms with E-state index in [0.717, 1.165) is 45.9 Å². The maximum atomic E-state index is 5.80. The van der Waals surface area contributed by atoms with E-state index >= 15 is 0 Å². The van der Waals surface area contributed by atoms with Crippen molar-refractivity contribution in [2.45, 2.75) is 66.1 Å². The minimum atomic E-state index is 0.265. The second kappa shape index (κ2) is 19.0. The highest BCUT2D eigenvalue weighted by Crippen LogP contribution is 2.26. The summed E-state index contributed by atoms with van der Waals surface area (Å²) in [6, 6.07) is 7.96. The van der Waals surface area contributed by atoms with Crippen molar-refractivity contribution in [1.29, 1.82) is 0 Å². The van der Waals surface area contributed by atoms with Crippen LogP contribution in [-0.4, -0.2) is 30.8 Å². The Morgan fingerprint density at radius 1 is 1.23 bits per heavy atom. The van der Waals surface area contributed by atoms with Gasteiger partial charge in [0.15, 0.2) is 0 Å². The molecule has 0 aromatic heterocycles. The van der Waals surface area contributed by atoms with Gasteiger partial charge < -0.3 is 14.2 Å². The lowest BCUT2D eigenvalue weighted by Crippen LogP contribution is -2.13. The van der Waals surface area contributed by atoms with Crippen molar-refractivity contribution in [3.63, 3.8) is 0 Å². The molecule has 1 aromatic carbocycles. The van der Waals surface area contributed by atoms with E-state index in [1.54, 1.807) is 0 Å². The van der Waals surface area contributed by atoms with E-state index in [9.17, 15) is 0 Å². The summed E-state index contributed by atoms with van der Waals surface area (Å²) in [4.78, 5) is 0. The predicted octanol–water partition coefficient (Wildman–Crippen LogP) is 8.97. The van der Waals surface area contributed by atoms with Crippen LogP contribution in [0.2, 0.25) is 0 Å². The standard InChI is InChI=1S/C12H16Br2O2.C11H15BrO.C2H6/c1-3-10(4-5-13)6-12(14)9(2)15-7-11-8-16-11;1-3-9(4-2)13-11-8-6-5-7-10(11)12;1-2/h4,6,11H,2-3,5,7-8H2,1H3;5-9H,3-4H2,1-2H3;1-2H3/b10-4-,12-6+;;. The zero-order valence-electron chi connectivity index (χ0n) is 19.4. The summed E-state index contributed by atoms with van der Waals surface area (Å²) in [5.74, 6) is 1.60. The SMILES string of the molecule is C=C(OCC1CO1)/C(Br)=C\C(=C/CBr)CC.CC.CCC(CC)Oc1ccccc1Br. The number of hydrogen-bond acceptors (Lipinski definition) is 3. The van der Waals surface area contributed by atoms with E-state index in [2.05, 4.69) is 81.2 Å². The number of halogens is 3. The normalized spacial score (nSPS) is 15.3. The summed E-state index contributed by atoms with van der Waals surface area (Å²) < 4.78 is 18.3. The molecule has 1 saturated heterocycles. The highest BCUT2D eigenvalue weighted by atomic mass is 79.9. The van der Waals surface area contributed by atoms with Gasteiger partial charge in [-0.3, -0.25) is 0 Å². The molecule has 3 nitrogen and oxygen atoms in total. The molecule has 1 aromatic rings. The van der Waals surface area contributed by atoms with Gasteiger partial charge in [-0.25, -0.2) is 0 Å². The molecule has 0 saturated carbocycles. The molecule has 2 rings (SSSR count). The van der Waals surface area contributed by atoms with Crippen LogP contribution in [0.25, 0.3) is 0 Å². The molecular formula is C25H37Br3O3. The third-order valence-corrected chi connectivity index (χ3v) is 5.86. The van der Waals surface area contributed by atoms with Crippen LogP contribution in [0.3, 0.4) is 0 Å². The van der Waals surface area contributed by atoms with Gasteiger partial charge in [-0.05, 0) is 69.3 Å². The molecule has 0 amide bonds. The first kappa shape index (κ1) is 30.4. The van der Waals surface area contributed by atoms with Crippen LogP contribution in [0.1, 0.15) is 53.9 Å². The third kappa shape index (κ3) is 14.3. The van der Waals surface area contributed by atoms with Crippen molar-refractivity contribution < 1.29 is 14.2 Å². The quantitative estimate of drug-likeness (QED) is 0.107. The average molecular weight is 625 g/mol. The fourth-order valence-electron chi connectivity index (χ4n) is 2.25. The van der Waals surface area contributed by atoms with E-state index in [1.165, 1.54) is 5.57 Å². The number of ether oxygens (including phenoxy) is 3. The molecule has 1 aliphatic heterocycles. The fraction of sp³-hybridized carbons (Fsp3) is 0.520. The van der Waals surface area contributed by atoms with E-state index in [0.29, 0.717) is 18.5 Å². The first-order valence-electron chi connectivity index (χ1n) is 10.9. The molecule has 1 aliphatic rings. The number of rotatable bonds is 11. The Morgan fingerprint density at radius 3 is 2.32 bits per heavy atom. The minimum absolute atomic E-state index is 0.265. The van der Waals surface area contributed by atoms with Crippen LogP contribution in [0.5, 0.6) is 5.75 Å². The Kier molecular flexibility index (Phi) is 18.6. The molecule has 1 heterocycles. The number of para-hydroxylation sites is 1. The van der Waals surface area contributed by atoms with Crippen molar-refractivity contribution in [2.75, 3.05) is 18.5 Å². The number of hydrogen-bond donors (Lipinski definition) is 0. The Labute approximate surface area is 214 Å². The van der Waals surface area contributed by atoms with E-state index in [-0.39, 0.29) is 6.10 Å². The molecule has 0 spiro atoms. The lowest BCUT2D eigenvalue weighted by molar-refractivity contribution is 0.191. The zero-order chi connectivity index (χ0) is 23.6. The molecule has 1 unspecified atom stereocenters. The highest BCUT2D eigenvalue weighted by molar-refractivity contribution is 9.12. The van der Waals surface area contributed by atoms with E-state index < -0.39 is 0 Å². The largest absolute Gasteiger partial charge is 0.490 e. The van der Waals surface area contributed by atoms with Gasteiger partial charge in [0.1, 0.15) is 24.2 Å². The van der Waals surface area contributed by atoms with Crippen molar-refractivity contribution in [1.82, 2.24) is 0 Å². The lowest BCUT2D eigenvalue weighted by Gasteiger charge is -2.16.